The lowest BCUT2D eigenvalue weighted by Crippen LogP contribution is -2.10. The summed E-state index contributed by atoms with van der Waals surface area (Å²) in [7, 11) is 1.58. The molecular formula is C11H12N2O2. The van der Waals surface area contributed by atoms with Crippen molar-refractivity contribution in [2.75, 3.05) is 7.11 Å². The lowest BCUT2D eigenvalue weighted by Gasteiger charge is -2.04. The molecule has 0 atom stereocenters. The van der Waals surface area contributed by atoms with Gasteiger partial charge in [0.1, 0.15) is 5.75 Å². The molecule has 2 rings (SSSR count). The van der Waals surface area contributed by atoms with Gasteiger partial charge in [0.25, 0.3) is 5.56 Å². The van der Waals surface area contributed by atoms with Crippen molar-refractivity contribution in [3.05, 3.63) is 34.2 Å². The average Bonchev–Trinajstić information content (AvgIpc) is 2.29. The molecule has 2 aromatic rings. The molecule has 0 aliphatic rings. The minimum absolute atomic E-state index is 0.180. The normalized spacial score (nSPS) is 10.5. The molecule has 15 heavy (non-hydrogen) atoms. The first-order valence-corrected chi connectivity index (χ1v) is 4.81. The minimum Gasteiger partial charge on any atom is -0.497 e. The molecule has 4 nitrogen and oxygen atoms in total. The molecule has 1 N–H and O–H groups in total. The van der Waals surface area contributed by atoms with Crippen molar-refractivity contribution < 1.29 is 4.74 Å². The summed E-state index contributed by atoms with van der Waals surface area (Å²) in [6.07, 6.45) is 0.791. The Kier molecular flexibility index (Phi) is 2.41. The van der Waals surface area contributed by atoms with Gasteiger partial charge in [-0.1, -0.05) is 6.92 Å². The summed E-state index contributed by atoms with van der Waals surface area (Å²) in [6.45, 7) is 2.00. The molecule has 78 valence electrons. The lowest BCUT2D eigenvalue weighted by molar-refractivity contribution is 0.415. The number of methoxy groups -OCH3 is 1. The van der Waals surface area contributed by atoms with E-state index in [0.29, 0.717) is 11.1 Å². The standard InChI is InChI=1S/C11H12N2O2/c1-3-10-8-5-4-7(15-2)6-9(8)11(14)13-12-10/h4-6H,3H2,1-2H3,(H,13,14). The first kappa shape index (κ1) is 9.71. The van der Waals surface area contributed by atoms with E-state index in [1.54, 1.807) is 13.2 Å². The second-order valence-electron chi connectivity index (χ2n) is 3.26. The maximum Gasteiger partial charge on any atom is 0.272 e. The van der Waals surface area contributed by atoms with Crippen molar-refractivity contribution in [2.24, 2.45) is 0 Å². The number of aromatic amines is 1. The lowest BCUT2D eigenvalue weighted by atomic mass is 10.1. The molecule has 0 radical (unpaired) electrons. The van der Waals surface area contributed by atoms with Crippen molar-refractivity contribution in [1.82, 2.24) is 10.2 Å². The van der Waals surface area contributed by atoms with Crippen molar-refractivity contribution >= 4 is 10.8 Å². The van der Waals surface area contributed by atoms with Crippen LogP contribution in [0.2, 0.25) is 0 Å². The van der Waals surface area contributed by atoms with Gasteiger partial charge in [-0.05, 0) is 24.6 Å². The van der Waals surface area contributed by atoms with Gasteiger partial charge in [-0.25, -0.2) is 5.10 Å². The molecule has 0 unspecified atom stereocenters. The van der Waals surface area contributed by atoms with Crippen LogP contribution in [0.4, 0.5) is 0 Å². The van der Waals surface area contributed by atoms with E-state index in [9.17, 15) is 4.79 Å². The second-order valence-corrected chi connectivity index (χ2v) is 3.26. The summed E-state index contributed by atoms with van der Waals surface area (Å²) in [6, 6.07) is 5.44. The zero-order chi connectivity index (χ0) is 10.8. The molecule has 0 aliphatic heterocycles. The number of H-pyrrole nitrogens is 1. The Morgan fingerprint density at radius 2 is 2.20 bits per heavy atom. The summed E-state index contributed by atoms with van der Waals surface area (Å²) in [5.74, 6) is 0.682. The van der Waals surface area contributed by atoms with Crippen LogP contribution in [0.3, 0.4) is 0 Å². The first-order valence-electron chi connectivity index (χ1n) is 4.81. The molecule has 0 saturated heterocycles. The number of fused-ring (bicyclic) bond motifs is 1. The van der Waals surface area contributed by atoms with E-state index in [0.717, 1.165) is 17.5 Å². The number of hydrogen-bond donors (Lipinski definition) is 1. The highest BCUT2D eigenvalue weighted by Gasteiger charge is 2.05. The molecule has 0 saturated carbocycles. The number of ether oxygens (including phenoxy) is 1. The van der Waals surface area contributed by atoms with Gasteiger partial charge in [-0.3, -0.25) is 4.79 Å². The summed E-state index contributed by atoms with van der Waals surface area (Å²) in [5.41, 5.74) is 0.716. The van der Waals surface area contributed by atoms with Crippen molar-refractivity contribution in [2.45, 2.75) is 13.3 Å². The zero-order valence-corrected chi connectivity index (χ0v) is 8.70. The second kappa shape index (κ2) is 3.73. The zero-order valence-electron chi connectivity index (χ0n) is 8.70. The highest BCUT2D eigenvalue weighted by Crippen LogP contribution is 2.19. The Hall–Kier alpha value is -1.84. The van der Waals surface area contributed by atoms with Crippen molar-refractivity contribution in [1.29, 1.82) is 0 Å². The van der Waals surface area contributed by atoms with Gasteiger partial charge in [-0.2, -0.15) is 5.10 Å². The van der Waals surface area contributed by atoms with Gasteiger partial charge < -0.3 is 4.74 Å². The highest BCUT2D eigenvalue weighted by atomic mass is 16.5. The van der Waals surface area contributed by atoms with Crippen LogP contribution >= 0.6 is 0 Å². The molecule has 0 amide bonds. The van der Waals surface area contributed by atoms with E-state index in [-0.39, 0.29) is 5.56 Å². The monoisotopic (exact) mass is 204 g/mol. The Balaban J connectivity index is 2.81. The van der Waals surface area contributed by atoms with Gasteiger partial charge >= 0.3 is 0 Å². The third-order valence-corrected chi connectivity index (χ3v) is 2.41. The first-order chi connectivity index (χ1) is 7.26. The minimum atomic E-state index is -0.180. The SMILES string of the molecule is CCc1n[nH]c(=O)c2cc(OC)ccc12. The quantitative estimate of drug-likeness (QED) is 0.806. The van der Waals surface area contributed by atoms with E-state index in [1.165, 1.54) is 0 Å². The smallest absolute Gasteiger partial charge is 0.272 e. The number of aryl methyl sites for hydroxylation is 1. The average molecular weight is 204 g/mol. The van der Waals surface area contributed by atoms with Crippen LogP contribution in [0.15, 0.2) is 23.0 Å². The molecule has 0 fully saturated rings. The van der Waals surface area contributed by atoms with Gasteiger partial charge in [-0.15, -0.1) is 0 Å². The van der Waals surface area contributed by atoms with E-state index >= 15 is 0 Å². The molecule has 0 spiro atoms. The fourth-order valence-electron chi connectivity index (χ4n) is 1.60. The van der Waals surface area contributed by atoms with Crippen LogP contribution in [0.5, 0.6) is 5.75 Å². The number of rotatable bonds is 2. The molecule has 0 bridgehead atoms. The molecule has 0 aliphatic carbocycles. The van der Waals surface area contributed by atoms with Crippen LogP contribution in [-0.4, -0.2) is 17.3 Å². The molecule has 1 heterocycles. The highest BCUT2D eigenvalue weighted by molar-refractivity contribution is 5.84. The maximum absolute atomic E-state index is 11.5. The van der Waals surface area contributed by atoms with Crippen LogP contribution in [0.25, 0.3) is 10.8 Å². The predicted molar refractivity (Wildman–Crippen MR) is 58.3 cm³/mol. The summed E-state index contributed by atoms with van der Waals surface area (Å²) < 4.78 is 5.08. The Morgan fingerprint density at radius 1 is 1.40 bits per heavy atom. The van der Waals surface area contributed by atoms with Crippen LogP contribution in [0, 0.1) is 0 Å². The maximum atomic E-state index is 11.5. The topological polar surface area (TPSA) is 55.0 Å². The molecular weight excluding hydrogens is 192 g/mol. The van der Waals surface area contributed by atoms with Crippen molar-refractivity contribution in [3.63, 3.8) is 0 Å². The van der Waals surface area contributed by atoms with Crippen LogP contribution < -0.4 is 10.3 Å². The number of benzene rings is 1. The van der Waals surface area contributed by atoms with Gasteiger partial charge in [0.05, 0.1) is 18.2 Å². The summed E-state index contributed by atoms with van der Waals surface area (Å²) >= 11 is 0. The molecule has 1 aromatic heterocycles. The summed E-state index contributed by atoms with van der Waals surface area (Å²) in [4.78, 5) is 11.5. The van der Waals surface area contributed by atoms with Crippen LogP contribution in [-0.2, 0) is 6.42 Å². The Labute approximate surface area is 86.9 Å². The summed E-state index contributed by atoms with van der Waals surface area (Å²) in [5, 5.41) is 8.00. The van der Waals surface area contributed by atoms with E-state index in [4.69, 9.17) is 4.74 Å². The van der Waals surface area contributed by atoms with Crippen molar-refractivity contribution in [3.8, 4) is 5.75 Å². The van der Waals surface area contributed by atoms with E-state index < -0.39 is 0 Å². The van der Waals surface area contributed by atoms with Crippen LogP contribution in [0.1, 0.15) is 12.6 Å². The Morgan fingerprint density at radius 3 is 2.87 bits per heavy atom. The molecule has 4 heteroatoms. The largest absolute Gasteiger partial charge is 0.497 e. The number of aromatic nitrogens is 2. The number of nitrogens with zero attached hydrogens (tertiary/aromatic N) is 1. The van der Waals surface area contributed by atoms with E-state index in [2.05, 4.69) is 10.2 Å². The van der Waals surface area contributed by atoms with E-state index in [1.807, 2.05) is 19.1 Å². The fourth-order valence-corrected chi connectivity index (χ4v) is 1.60. The number of nitrogens with one attached hydrogen (secondary N) is 1. The van der Waals surface area contributed by atoms with Gasteiger partial charge in [0.2, 0.25) is 0 Å². The third kappa shape index (κ3) is 1.58. The Bertz CT molecular complexity index is 546. The van der Waals surface area contributed by atoms with Gasteiger partial charge in [0, 0.05) is 5.39 Å². The predicted octanol–water partition coefficient (Wildman–Crippen LogP) is 1.49. The number of hydrogen-bond acceptors (Lipinski definition) is 3. The van der Waals surface area contributed by atoms with Gasteiger partial charge in [0.15, 0.2) is 0 Å². The molecule has 1 aromatic carbocycles. The third-order valence-electron chi connectivity index (χ3n) is 2.41. The fraction of sp³-hybridized carbons (Fsp3) is 0.273.